The molecule has 6 nitrogen and oxygen atoms in total. The zero-order chi connectivity index (χ0) is 22.5. The van der Waals surface area contributed by atoms with Crippen molar-refractivity contribution in [2.45, 2.75) is 44.7 Å². The lowest BCUT2D eigenvalue weighted by Gasteiger charge is -2.34. The molecule has 0 bridgehead atoms. The first kappa shape index (κ1) is 21.7. The number of hydrogen-bond acceptors (Lipinski definition) is 4. The molecule has 2 fully saturated rings. The first-order chi connectivity index (χ1) is 16.3. The molecule has 0 radical (unpaired) electrons. The molecule has 5 rings (SSSR count). The van der Waals surface area contributed by atoms with E-state index in [0.717, 1.165) is 69.7 Å². The van der Waals surface area contributed by atoms with Crippen molar-refractivity contribution in [1.29, 1.82) is 0 Å². The number of anilines is 1. The van der Waals surface area contributed by atoms with E-state index in [1.165, 1.54) is 16.8 Å². The number of carbonyl (C=O) groups excluding carboxylic acids is 1. The number of hydrogen-bond donors (Lipinski definition) is 2. The number of nitrogens with one attached hydrogen (secondary N) is 2. The minimum absolute atomic E-state index is 0.264. The standard InChI is InChI=1S/C27H33N5O/c33-26(32-14-4-5-15-32)18-21-8-10-25(11-9-21)31-16-12-24(13-17-31)28-19-23-20-29-30-27(23)22-6-2-1-3-7-22/h1-3,6-11,20,24,28H,4-5,12-19H2,(H,29,30). The van der Waals surface area contributed by atoms with Crippen LogP contribution < -0.4 is 10.2 Å². The van der Waals surface area contributed by atoms with Gasteiger partial charge in [-0.15, -0.1) is 0 Å². The maximum atomic E-state index is 12.4. The van der Waals surface area contributed by atoms with Crippen molar-refractivity contribution in [2.24, 2.45) is 0 Å². The van der Waals surface area contributed by atoms with Crippen LogP contribution in [0.3, 0.4) is 0 Å². The monoisotopic (exact) mass is 443 g/mol. The van der Waals surface area contributed by atoms with E-state index in [0.29, 0.717) is 12.5 Å². The van der Waals surface area contributed by atoms with Gasteiger partial charge in [-0.1, -0.05) is 42.5 Å². The predicted molar refractivity (Wildman–Crippen MR) is 132 cm³/mol. The summed E-state index contributed by atoms with van der Waals surface area (Å²) in [5.41, 5.74) is 5.85. The third-order valence-corrected chi connectivity index (χ3v) is 6.97. The summed E-state index contributed by atoms with van der Waals surface area (Å²) < 4.78 is 0. The summed E-state index contributed by atoms with van der Waals surface area (Å²) in [5, 5.41) is 11.1. The number of amides is 1. The van der Waals surface area contributed by atoms with Gasteiger partial charge in [-0.3, -0.25) is 9.89 Å². The SMILES string of the molecule is O=C(Cc1ccc(N2CCC(NCc3cn[nH]c3-c3ccccc3)CC2)cc1)N1CCCC1. The number of benzene rings is 2. The van der Waals surface area contributed by atoms with Crippen molar-refractivity contribution in [3.63, 3.8) is 0 Å². The molecule has 0 aliphatic carbocycles. The van der Waals surface area contributed by atoms with Gasteiger partial charge in [-0.25, -0.2) is 0 Å². The Bertz CT molecular complexity index is 1030. The summed E-state index contributed by atoms with van der Waals surface area (Å²) in [7, 11) is 0. The molecule has 2 saturated heterocycles. The van der Waals surface area contributed by atoms with Crippen LogP contribution >= 0.6 is 0 Å². The predicted octanol–water partition coefficient (Wildman–Crippen LogP) is 4.00. The number of carbonyl (C=O) groups is 1. The average molecular weight is 444 g/mol. The van der Waals surface area contributed by atoms with Gasteiger partial charge in [0.05, 0.1) is 18.3 Å². The fourth-order valence-electron chi connectivity index (χ4n) is 4.97. The molecule has 2 aliphatic heterocycles. The highest BCUT2D eigenvalue weighted by Crippen LogP contribution is 2.23. The zero-order valence-corrected chi connectivity index (χ0v) is 19.2. The fraction of sp³-hybridized carbons (Fsp3) is 0.407. The van der Waals surface area contributed by atoms with Crippen molar-refractivity contribution in [2.75, 3.05) is 31.1 Å². The smallest absolute Gasteiger partial charge is 0.226 e. The van der Waals surface area contributed by atoms with Gasteiger partial charge < -0.3 is 15.1 Å². The number of piperidine rings is 1. The second-order valence-corrected chi connectivity index (χ2v) is 9.21. The first-order valence-corrected chi connectivity index (χ1v) is 12.2. The van der Waals surface area contributed by atoms with Crippen LogP contribution in [0.5, 0.6) is 0 Å². The van der Waals surface area contributed by atoms with Crippen LogP contribution in [0.1, 0.15) is 36.8 Å². The summed E-state index contributed by atoms with van der Waals surface area (Å²) in [6.45, 7) is 4.76. The van der Waals surface area contributed by atoms with E-state index >= 15 is 0 Å². The van der Waals surface area contributed by atoms with Gasteiger partial charge in [0, 0.05) is 50.0 Å². The van der Waals surface area contributed by atoms with Gasteiger partial charge in [0.25, 0.3) is 0 Å². The zero-order valence-electron chi connectivity index (χ0n) is 19.2. The fourth-order valence-corrected chi connectivity index (χ4v) is 4.97. The van der Waals surface area contributed by atoms with Gasteiger partial charge in [-0.05, 0) is 48.9 Å². The summed E-state index contributed by atoms with van der Waals surface area (Å²) in [4.78, 5) is 16.8. The summed E-state index contributed by atoms with van der Waals surface area (Å²) in [6, 6.07) is 19.5. The van der Waals surface area contributed by atoms with Gasteiger partial charge in [-0.2, -0.15) is 5.10 Å². The number of H-pyrrole nitrogens is 1. The van der Waals surface area contributed by atoms with E-state index in [1.807, 2.05) is 17.2 Å². The largest absolute Gasteiger partial charge is 0.371 e. The van der Waals surface area contributed by atoms with Crippen molar-refractivity contribution < 1.29 is 4.79 Å². The Morgan fingerprint density at radius 2 is 1.70 bits per heavy atom. The lowest BCUT2D eigenvalue weighted by Crippen LogP contribution is -2.42. The number of nitrogens with zero attached hydrogens (tertiary/aromatic N) is 3. The Morgan fingerprint density at radius 3 is 2.42 bits per heavy atom. The summed E-state index contributed by atoms with van der Waals surface area (Å²) >= 11 is 0. The van der Waals surface area contributed by atoms with Crippen LogP contribution in [0.2, 0.25) is 0 Å². The molecule has 2 aromatic carbocycles. The Labute approximate surface area is 196 Å². The number of rotatable bonds is 7. The molecule has 3 aromatic rings. The number of aromatic nitrogens is 2. The van der Waals surface area contributed by atoms with Gasteiger partial charge in [0.2, 0.25) is 5.91 Å². The Hall–Kier alpha value is -3.12. The Balaban J connectivity index is 1.10. The number of aromatic amines is 1. The van der Waals surface area contributed by atoms with Crippen molar-refractivity contribution in [1.82, 2.24) is 20.4 Å². The number of likely N-dealkylation sites (tertiary alicyclic amines) is 1. The van der Waals surface area contributed by atoms with Crippen molar-refractivity contribution >= 4 is 11.6 Å². The highest BCUT2D eigenvalue weighted by Gasteiger charge is 2.21. The second-order valence-electron chi connectivity index (χ2n) is 9.21. The third-order valence-electron chi connectivity index (χ3n) is 6.97. The average Bonchev–Trinajstić information content (AvgIpc) is 3.57. The lowest BCUT2D eigenvalue weighted by atomic mass is 10.0. The van der Waals surface area contributed by atoms with Gasteiger partial charge in [0.1, 0.15) is 0 Å². The topological polar surface area (TPSA) is 64.3 Å². The molecular formula is C27H33N5O. The third kappa shape index (κ3) is 5.28. The highest BCUT2D eigenvalue weighted by atomic mass is 16.2. The minimum Gasteiger partial charge on any atom is -0.371 e. The molecular weight excluding hydrogens is 410 g/mol. The first-order valence-electron chi connectivity index (χ1n) is 12.2. The van der Waals surface area contributed by atoms with Crippen molar-refractivity contribution in [3.05, 3.63) is 71.9 Å². The van der Waals surface area contributed by atoms with E-state index in [4.69, 9.17) is 0 Å². The van der Waals surface area contributed by atoms with E-state index in [-0.39, 0.29) is 5.91 Å². The second kappa shape index (κ2) is 10.2. The molecule has 172 valence electrons. The minimum atomic E-state index is 0.264. The van der Waals surface area contributed by atoms with Crippen LogP contribution in [0.4, 0.5) is 5.69 Å². The van der Waals surface area contributed by atoms with Gasteiger partial charge >= 0.3 is 0 Å². The van der Waals surface area contributed by atoms with Crippen LogP contribution in [-0.2, 0) is 17.8 Å². The molecule has 0 atom stereocenters. The molecule has 0 spiro atoms. The summed E-state index contributed by atoms with van der Waals surface area (Å²) in [5.74, 6) is 0.264. The Kier molecular flexibility index (Phi) is 6.72. The van der Waals surface area contributed by atoms with E-state index in [1.54, 1.807) is 0 Å². The molecule has 1 amide bonds. The quantitative estimate of drug-likeness (QED) is 0.579. The van der Waals surface area contributed by atoms with Crippen molar-refractivity contribution in [3.8, 4) is 11.3 Å². The molecule has 1 aromatic heterocycles. The lowest BCUT2D eigenvalue weighted by molar-refractivity contribution is -0.129. The van der Waals surface area contributed by atoms with E-state index < -0.39 is 0 Å². The maximum absolute atomic E-state index is 12.4. The maximum Gasteiger partial charge on any atom is 0.226 e. The van der Waals surface area contributed by atoms with E-state index in [2.05, 4.69) is 68.9 Å². The van der Waals surface area contributed by atoms with Crippen LogP contribution in [0.15, 0.2) is 60.8 Å². The van der Waals surface area contributed by atoms with E-state index in [9.17, 15) is 4.79 Å². The van der Waals surface area contributed by atoms with Crippen LogP contribution in [0, 0.1) is 0 Å². The highest BCUT2D eigenvalue weighted by molar-refractivity contribution is 5.79. The van der Waals surface area contributed by atoms with Gasteiger partial charge in [0.15, 0.2) is 0 Å². The Morgan fingerprint density at radius 1 is 0.970 bits per heavy atom. The molecule has 0 unspecified atom stereocenters. The molecule has 0 saturated carbocycles. The van der Waals surface area contributed by atoms with Crippen LogP contribution in [0.25, 0.3) is 11.3 Å². The molecule has 6 heteroatoms. The molecule has 3 heterocycles. The molecule has 2 N–H and O–H groups in total. The normalized spacial score (nSPS) is 17.0. The molecule has 2 aliphatic rings. The summed E-state index contributed by atoms with van der Waals surface area (Å²) in [6.07, 6.45) is 6.98. The van der Waals surface area contributed by atoms with Crippen LogP contribution in [-0.4, -0.2) is 53.2 Å². The molecule has 33 heavy (non-hydrogen) atoms.